The van der Waals surface area contributed by atoms with Crippen molar-refractivity contribution >= 4 is 63.0 Å². The lowest BCUT2D eigenvalue weighted by Crippen LogP contribution is -2.22. The number of hydrogen-bond donors (Lipinski definition) is 0. The van der Waals surface area contributed by atoms with Crippen molar-refractivity contribution < 1.29 is 0 Å². The summed E-state index contributed by atoms with van der Waals surface area (Å²) in [5.41, 5.74) is 4.07. The van der Waals surface area contributed by atoms with Gasteiger partial charge in [0.15, 0.2) is 0 Å². The van der Waals surface area contributed by atoms with Crippen LogP contribution in [0.5, 0.6) is 0 Å². The molecule has 1 aromatic heterocycles. The van der Waals surface area contributed by atoms with Crippen LogP contribution in [0.15, 0.2) is 60.8 Å². The minimum Gasteiger partial charge on any atom is -0.363 e. The summed E-state index contributed by atoms with van der Waals surface area (Å²) in [4.78, 5) is 2.22. The minimum atomic E-state index is 0.598. The van der Waals surface area contributed by atoms with Gasteiger partial charge < -0.3 is 4.90 Å². The standard InChI is InChI=1S/C22H17Cl4N3/c1-28-22-7-6-19(8-16(22)11-27-28)29(12-14-2-4-17(23)9-20(14)25)13-15-3-5-18(24)10-21(15)26/h2-11H,12-13H2,1H3. The van der Waals surface area contributed by atoms with E-state index in [4.69, 9.17) is 46.4 Å². The number of anilines is 1. The molecular weight excluding hydrogens is 448 g/mol. The predicted molar refractivity (Wildman–Crippen MR) is 124 cm³/mol. The summed E-state index contributed by atoms with van der Waals surface area (Å²) in [5.74, 6) is 0. The highest BCUT2D eigenvalue weighted by molar-refractivity contribution is 6.35. The topological polar surface area (TPSA) is 21.1 Å². The first kappa shape index (κ1) is 20.4. The second-order valence-electron chi connectivity index (χ2n) is 6.84. The number of aryl methyl sites for hydroxylation is 1. The van der Waals surface area contributed by atoms with Crippen molar-refractivity contribution in [1.82, 2.24) is 9.78 Å². The molecule has 3 nitrogen and oxygen atoms in total. The van der Waals surface area contributed by atoms with Crippen LogP contribution in [-0.2, 0) is 20.1 Å². The molecule has 0 aliphatic rings. The van der Waals surface area contributed by atoms with Crippen LogP contribution in [0.3, 0.4) is 0 Å². The summed E-state index contributed by atoms with van der Waals surface area (Å²) < 4.78 is 1.86. The molecule has 148 valence electrons. The predicted octanol–water partition coefficient (Wildman–Crippen LogP) is 7.39. The molecule has 7 heteroatoms. The Bertz CT molecular complexity index is 1130. The Hall–Kier alpha value is -1.91. The average molecular weight is 465 g/mol. The van der Waals surface area contributed by atoms with Crippen molar-refractivity contribution in [3.05, 3.63) is 92.0 Å². The maximum Gasteiger partial charge on any atom is 0.0680 e. The highest BCUT2D eigenvalue weighted by Gasteiger charge is 2.14. The van der Waals surface area contributed by atoms with Crippen molar-refractivity contribution in [1.29, 1.82) is 0 Å². The zero-order valence-corrected chi connectivity index (χ0v) is 18.6. The van der Waals surface area contributed by atoms with E-state index in [9.17, 15) is 0 Å². The van der Waals surface area contributed by atoms with E-state index < -0.39 is 0 Å². The van der Waals surface area contributed by atoms with E-state index in [1.54, 1.807) is 12.1 Å². The maximum absolute atomic E-state index is 6.45. The fourth-order valence-electron chi connectivity index (χ4n) is 3.30. The zero-order valence-electron chi connectivity index (χ0n) is 15.5. The van der Waals surface area contributed by atoms with Gasteiger partial charge in [-0.3, -0.25) is 4.68 Å². The first-order chi connectivity index (χ1) is 13.9. The Kier molecular flexibility index (Phi) is 5.93. The third kappa shape index (κ3) is 4.49. The molecule has 0 saturated carbocycles. The fraction of sp³-hybridized carbons (Fsp3) is 0.136. The number of rotatable bonds is 5. The maximum atomic E-state index is 6.45. The second-order valence-corrected chi connectivity index (χ2v) is 8.53. The van der Waals surface area contributed by atoms with Gasteiger partial charge in [-0.2, -0.15) is 5.10 Å². The van der Waals surface area contributed by atoms with E-state index in [0.717, 1.165) is 27.7 Å². The Morgan fingerprint density at radius 3 is 1.93 bits per heavy atom. The number of benzene rings is 3. The summed E-state index contributed by atoms with van der Waals surface area (Å²) in [5, 5.41) is 7.90. The first-order valence-electron chi connectivity index (χ1n) is 8.95. The Morgan fingerprint density at radius 2 is 1.38 bits per heavy atom. The molecule has 4 aromatic rings. The molecule has 0 N–H and O–H groups in total. The molecule has 3 aromatic carbocycles. The summed E-state index contributed by atoms with van der Waals surface area (Å²) in [6, 6.07) is 17.4. The molecule has 1 heterocycles. The van der Waals surface area contributed by atoms with Crippen molar-refractivity contribution in [3.8, 4) is 0 Å². The highest BCUT2D eigenvalue weighted by atomic mass is 35.5. The lowest BCUT2D eigenvalue weighted by Gasteiger charge is -2.26. The Balaban J connectivity index is 1.74. The van der Waals surface area contributed by atoms with Gasteiger partial charge >= 0.3 is 0 Å². The van der Waals surface area contributed by atoms with Crippen LogP contribution in [0, 0.1) is 0 Å². The number of aromatic nitrogens is 2. The lowest BCUT2D eigenvalue weighted by atomic mass is 10.1. The van der Waals surface area contributed by atoms with Crippen LogP contribution in [-0.4, -0.2) is 9.78 Å². The van der Waals surface area contributed by atoms with E-state index in [1.165, 1.54) is 0 Å². The molecule has 4 rings (SSSR count). The molecule has 0 aliphatic carbocycles. The number of nitrogens with zero attached hydrogens (tertiary/aromatic N) is 3. The second kappa shape index (κ2) is 8.45. The highest BCUT2D eigenvalue weighted by Crippen LogP contribution is 2.30. The van der Waals surface area contributed by atoms with Crippen molar-refractivity contribution in [3.63, 3.8) is 0 Å². The molecule has 0 aliphatic heterocycles. The van der Waals surface area contributed by atoms with Crippen LogP contribution >= 0.6 is 46.4 Å². The molecule has 29 heavy (non-hydrogen) atoms. The summed E-state index contributed by atoms with van der Waals surface area (Å²) >= 11 is 25.0. The first-order valence-corrected chi connectivity index (χ1v) is 10.5. The van der Waals surface area contributed by atoms with Gasteiger partial charge in [0, 0.05) is 51.3 Å². The van der Waals surface area contributed by atoms with Gasteiger partial charge in [-0.1, -0.05) is 58.5 Å². The van der Waals surface area contributed by atoms with E-state index >= 15 is 0 Å². The normalized spacial score (nSPS) is 11.2. The van der Waals surface area contributed by atoms with Crippen LogP contribution in [0.1, 0.15) is 11.1 Å². The average Bonchev–Trinajstić information content (AvgIpc) is 3.05. The quantitative estimate of drug-likeness (QED) is 0.307. The Labute approximate surface area is 189 Å². The molecule has 0 bridgehead atoms. The van der Waals surface area contributed by atoms with E-state index in [2.05, 4.69) is 28.2 Å². The van der Waals surface area contributed by atoms with Gasteiger partial charge in [0.05, 0.1) is 11.7 Å². The van der Waals surface area contributed by atoms with Crippen LogP contribution in [0.4, 0.5) is 5.69 Å². The van der Waals surface area contributed by atoms with Crippen molar-refractivity contribution in [2.24, 2.45) is 7.05 Å². The van der Waals surface area contributed by atoms with E-state index in [1.807, 2.05) is 42.2 Å². The molecule has 0 amide bonds. The smallest absolute Gasteiger partial charge is 0.0680 e. The van der Waals surface area contributed by atoms with Crippen LogP contribution in [0.2, 0.25) is 20.1 Å². The van der Waals surface area contributed by atoms with Gasteiger partial charge in [0.1, 0.15) is 0 Å². The molecule has 0 saturated heterocycles. The van der Waals surface area contributed by atoms with Gasteiger partial charge in [-0.05, 0) is 53.6 Å². The van der Waals surface area contributed by atoms with Crippen molar-refractivity contribution in [2.45, 2.75) is 13.1 Å². The van der Waals surface area contributed by atoms with E-state index in [0.29, 0.717) is 33.2 Å². The minimum absolute atomic E-state index is 0.598. The third-order valence-electron chi connectivity index (χ3n) is 4.85. The number of halogens is 4. The summed E-state index contributed by atoms with van der Waals surface area (Å²) in [6.07, 6.45) is 1.86. The zero-order chi connectivity index (χ0) is 20.5. The van der Waals surface area contributed by atoms with Gasteiger partial charge in [-0.25, -0.2) is 0 Å². The molecule has 0 unspecified atom stereocenters. The molecule has 0 fully saturated rings. The van der Waals surface area contributed by atoms with Crippen LogP contribution < -0.4 is 4.90 Å². The molecular formula is C22H17Cl4N3. The monoisotopic (exact) mass is 463 g/mol. The third-order valence-corrected chi connectivity index (χ3v) is 6.02. The Morgan fingerprint density at radius 1 is 0.793 bits per heavy atom. The molecule has 0 radical (unpaired) electrons. The molecule has 0 atom stereocenters. The van der Waals surface area contributed by atoms with E-state index in [-0.39, 0.29) is 0 Å². The summed E-state index contributed by atoms with van der Waals surface area (Å²) in [7, 11) is 1.93. The van der Waals surface area contributed by atoms with Crippen molar-refractivity contribution in [2.75, 3.05) is 4.90 Å². The van der Waals surface area contributed by atoms with Gasteiger partial charge in [0.25, 0.3) is 0 Å². The SMILES string of the molecule is Cn1ncc2cc(N(Cc3ccc(Cl)cc3Cl)Cc3ccc(Cl)cc3Cl)ccc21. The summed E-state index contributed by atoms with van der Waals surface area (Å²) in [6.45, 7) is 1.20. The van der Waals surface area contributed by atoms with Gasteiger partial charge in [-0.15, -0.1) is 0 Å². The lowest BCUT2D eigenvalue weighted by molar-refractivity contribution is 0.794. The number of hydrogen-bond acceptors (Lipinski definition) is 2. The van der Waals surface area contributed by atoms with Crippen LogP contribution in [0.25, 0.3) is 10.9 Å². The largest absolute Gasteiger partial charge is 0.363 e. The number of fused-ring (bicyclic) bond motifs is 1. The van der Waals surface area contributed by atoms with Gasteiger partial charge in [0.2, 0.25) is 0 Å². The fourth-order valence-corrected chi connectivity index (χ4v) is 4.23. The molecule has 0 spiro atoms.